The van der Waals surface area contributed by atoms with Crippen LogP contribution in [0, 0.1) is 0 Å². The highest BCUT2D eigenvalue weighted by molar-refractivity contribution is 5.72. The molecule has 9 nitrogen and oxygen atoms in total. The number of rotatable bonds is 4. The molecule has 1 heterocycles. The largest absolute Gasteiger partial charge is 0.508 e. The van der Waals surface area contributed by atoms with Crippen LogP contribution in [0.5, 0.6) is 51.7 Å². The first-order chi connectivity index (χ1) is 24.6. The molecular weight excluding hydrogens is 648 g/mol. The first-order valence-electron chi connectivity index (χ1n) is 16.6. The number of benzene rings is 6. The van der Waals surface area contributed by atoms with E-state index in [0.29, 0.717) is 28.0 Å². The molecule has 8 N–H and O–H groups in total. The highest BCUT2D eigenvalue weighted by Gasteiger charge is 2.56. The average Bonchev–Trinajstić information content (AvgIpc) is 3.60. The number of phenols is 8. The van der Waals surface area contributed by atoms with Crippen molar-refractivity contribution in [1.29, 1.82) is 0 Å². The molecule has 0 fully saturated rings. The molecule has 1 aliphatic heterocycles. The number of fused-ring (bicyclic) bond motifs is 2. The van der Waals surface area contributed by atoms with E-state index in [2.05, 4.69) is 0 Å². The predicted octanol–water partition coefficient (Wildman–Crippen LogP) is 7.76. The van der Waals surface area contributed by atoms with E-state index in [-0.39, 0.29) is 46.0 Å². The summed E-state index contributed by atoms with van der Waals surface area (Å²) in [6.45, 7) is 0. The van der Waals surface area contributed by atoms with Crippen LogP contribution in [-0.2, 0) is 0 Å². The Bertz CT molecular complexity index is 2330. The average molecular weight is 681 g/mol. The fourth-order valence-electron chi connectivity index (χ4n) is 9.08. The van der Waals surface area contributed by atoms with Crippen molar-refractivity contribution in [2.45, 2.75) is 35.7 Å². The van der Waals surface area contributed by atoms with Gasteiger partial charge in [-0.05, 0) is 88.0 Å². The van der Waals surface area contributed by atoms with Crippen molar-refractivity contribution < 1.29 is 45.6 Å². The molecule has 0 saturated carbocycles. The lowest BCUT2D eigenvalue weighted by Gasteiger charge is -2.34. The quantitative estimate of drug-likeness (QED) is 0.0927. The van der Waals surface area contributed by atoms with Gasteiger partial charge >= 0.3 is 0 Å². The van der Waals surface area contributed by atoms with Gasteiger partial charge in [-0.25, -0.2) is 0 Å². The summed E-state index contributed by atoms with van der Waals surface area (Å²) >= 11 is 0. The summed E-state index contributed by atoms with van der Waals surface area (Å²) in [5, 5.41) is 87.5. The van der Waals surface area contributed by atoms with Crippen LogP contribution in [-0.4, -0.2) is 40.9 Å². The third-order valence-corrected chi connectivity index (χ3v) is 10.9. The van der Waals surface area contributed by atoms with Gasteiger partial charge in [0.1, 0.15) is 57.8 Å². The molecule has 0 aromatic heterocycles. The fraction of sp³-hybridized carbons (Fsp3) is 0.143. The second kappa shape index (κ2) is 11.0. The van der Waals surface area contributed by atoms with Crippen molar-refractivity contribution in [2.24, 2.45) is 0 Å². The second-order valence-corrected chi connectivity index (χ2v) is 13.7. The molecular formula is C42H32O9. The monoisotopic (exact) mass is 680 g/mol. The standard InChI is InChI=1S/C42H32O9/c43-23-7-1-19(2-8-23)33-35(22-13-26(46)15-27(47)14-22)38-31(50)18-32-39-37(42(51-32)21-5-11-25(45)12-6-21)29-16-28(48)17-30(49)36(29)34(40(33)41(38)39)20-3-9-24(44)10-4-20/h1-18,33-35,37,40,42-50H/t33-,34-,35-,37-,40-,42+/m0/s1. The van der Waals surface area contributed by atoms with Crippen LogP contribution in [0.25, 0.3) is 0 Å². The Morgan fingerprint density at radius 1 is 0.353 bits per heavy atom. The molecule has 0 spiro atoms. The smallest absolute Gasteiger partial charge is 0.135 e. The molecule has 9 rings (SSSR count). The lowest BCUT2D eigenvalue weighted by Crippen LogP contribution is -2.20. The Morgan fingerprint density at radius 2 is 0.863 bits per heavy atom. The van der Waals surface area contributed by atoms with Gasteiger partial charge in [-0.1, -0.05) is 36.4 Å². The molecule has 51 heavy (non-hydrogen) atoms. The summed E-state index contributed by atoms with van der Waals surface area (Å²) < 4.78 is 6.70. The molecule has 0 radical (unpaired) electrons. The zero-order valence-electron chi connectivity index (χ0n) is 26.8. The summed E-state index contributed by atoms with van der Waals surface area (Å²) in [4.78, 5) is 0. The Hall–Kier alpha value is -6.48. The normalized spacial score (nSPS) is 22.5. The van der Waals surface area contributed by atoms with Crippen molar-refractivity contribution in [3.8, 4) is 51.7 Å². The molecule has 6 aromatic carbocycles. The number of hydrogen-bond donors (Lipinski definition) is 8. The first kappa shape index (κ1) is 30.6. The molecule has 0 saturated heterocycles. The number of phenolic OH excluding ortho intramolecular Hbond substituents is 8. The number of aromatic hydroxyl groups is 8. The summed E-state index contributed by atoms with van der Waals surface area (Å²) in [6, 6.07) is 29.1. The van der Waals surface area contributed by atoms with E-state index >= 15 is 0 Å². The molecule has 254 valence electrons. The van der Waals surface area contributed by atoms with Gasteiger partial charge in [-0.15, -0.1) is 0 Å². The van der Waals surface area contributed by atoms with Crippen LogP contribution >= 0.6 is 0 Å². The molecule has 0 amide bonds. The summed E-state index contributed by atoms with van der Waals surface area (Å²) in [6.07, 6.45) is -0.693. The molecule has 6 atom stereocenters. The number of hydrogen-bond acceptors (Lipinski definition) is 9. The van der Waals surface area contributed by atoms with Gasteiger partial charge in [0.2, 0.25) is 0 Å². The van der Waals surface area contributed by atoms with Crippen molar-refractivity contribution in [2.75, 3.05) is 0 Å². The lowest BCUT2D eigenvalue weighted by molar-refractivity contribution is 0.221. The van der Waals surface area contributed by atoms with E-state index < -0.39 is 35.7 Å². The van der Waals surface area contributed by atoms with Gasteiger partial charge in [-0.2, -0.15) is 0 Å². The van der Waals surface area contributed by atoms with Gasteiger partial charge in [0.15, 0.2) is 0 Å². The summed E-state index contributed by atoms with van der Waals surface area (Å²) in [5.41, 5.74) is 6.00. The van der Waals surface area contributed by atoms with Crippen molar-refractivity contribution in [3.05, 3.63) is 159 Å². The van der Waals surface area contributed by atoms with Gasteiger partial charge in [0.25, 0.3) is 0 Å². The molecule has 2 aliphatic carbocycles. The van der Waals surface area contributed by atoms with E-state index in [1.54, 1.807) is 84.9 Å². The second-order valence-electron chi connectivity index (χ2n) is 13.7. The SMILES string of the molecule is Oc1ccc([C@H]2c3c(O)cc(O)cc3[C@H]3c4c(cc(O)c5c4[C@H]2[C@@H](c2ccc(O)cc2)[C@@H]5c2cc(O)cc(O)c2)O[C@@H]3c2ccc(O)cc2)cc1. The Balaban J connectivity index is 1.44. The minimum absolute atomic E-state index is 0.0537. The predicted molar refractivity (Wildman–Crippen MR) is 186 cm³/mol. The van der Waals surface area contributed by atoms with Gasteiger partial charge in [0, 0.05) is 58.6 Å². The van der Waals surface area contributed by atoms with Gasteiger partial charge in [-0.3, -0.25) is 0 Å². The topological polar surface area (TPSA) is 171 Å². The van der Waals surface area contributed by atoms with Crippen molar-refractivity contribution >= 4 is 0 Å². The van der Waals surface area contributed by atoms with Crippen LogP contribution in [0.15, 0.2) is 109 Å². The third kappa shape index (κ3) is 4.61. The van der Waals surface area contributed by atoms with Crippen LogP contribution < -0.4 is 4.74 Å². The Kier molecular flexibility index (Phi) is 6.60. The van der Waals surface area contributed by atoms with E-state index in [9.17, 15) is 40.9 Å². The Labute approximate surface area is 291 Å². The Morgan fingerprint density at radius 3 is 1.47 bits per heavy atom. The molecule has 9 heteroatoms. The first-order valence-corrected chi connectivity index (χ1v) is 16.6. The zero-order valence-corrected chi connectivity index (χ0v) is 26.8. The zero-order chi connectivity index (χ0) is 35.3. The third-order valence-electron chi connectivity index (χ3n) is 10.9. The van der Waals surface area contributed by atoms with Crippen LogP contribution in [0.3, 0.4) is 0 Å². The maximum Gasteiger partial charge on any atom is 0.135 e. The van der Waals surface area contributed by atoms with Crippen molar-refractivity contribution in [1.82, 2.24) is 0 Å². The van der Waals surface area contributed by atoms with Gasteiger partial charge in [0.05, 0.1) is 5.92 Å². The lowest BCUT2D eigenvalue weighted by atomic mass is 9.69. The van der Waals surface area contributed by atoms with Crippen molar-refractivity contribution in [3.63, 3.8) is 0 Å². The highest BCUT2D eigenvalue weighted by Crippen LogP contribution is 2.70. The molecule has 6 aromatic rings. The maximum absolute atomic E-state index is 12.1. The molecule has 3 aliphatic rings. The minimum Gasteiger partial charge on any atom is -0.508 e. The van der Waals surface area contributed by atoms with E-state index in [1.165, 1.54) is 12.1 Å². The number of ether oxygens (including phenoxy) is 1. The summed E-state index contributed by atoms with van der Waals surface area (Å²) in [5.74, 6) is -3.02. The van der Waals surface area contributed by atoms with E-state index in [1.807, 2.05) is 12.1 Å². The van der Waals surface area contributed by atoms with Crippen LogP contribution in [0.4, 0.5) is 0 Å². The van der Waals surface area contributed by atoms with E-state index in [0.717, 1.165) is 27.8 Å². The molecule has 0 unspecified atom stereocenters. The summed E-state index contributed by atoms with van der Waals surface area (Å²) in [7, 11) is 0. The van der Waals surface area contributed by atoms with Crippen LogP contribution in [0.1, 0.15) is 85.8 Å². The fourth-order valence-corrected chi connectivity index (χ4v) is 9.08. The van der Waals surface area contributed by atoms with Gasteiger partial charge < -0.3 is 45.6 Å². The van der Waals surface area contributed by atoms with E-state index in [4.69, 9.17) is 4.74 Å². The molecule has 0 bridgehead atoms. The maximum atomic E-state index is 12.1. The highest BCUT2D eigenvalue weighted by atomic mass is 16.5. The minimum atomic E-state index is -0.693. The van der Waals surface area contributed by atoms with Crippen LogP contribution in [0.2, 0.25) is 0 Å².